The van der Waals surface area contributed by atoms with E-state index >= 15 is 0 Å². The number of methoxy groups -OCH3 is 2. The molecule has 0 spiro atoms. The maximum atomic E-state index is 12.8. The second-order valence-corrected chi connectivity index (χ2v) is 9.11. The first-order valence-electron chi connectivity index (χ1n) is 11.5. The number of rotatable bonds is 9. The minimum absolute atomic E-state index is 0.0681. The number of allylic oxidation sites excluding steroid dienone is 1. The third kappa shape index (κ3) is 5.59. The quantitative estimate of drug-likeness (QED) is 0.409. The van der Waals surface area contributed by atoms with Crippen molar-refractivity contribution in [2.75, 3.05) is 20.8 Å². The fourth-order valence-corrected chi connectivity index (χ4v) is 5.22. The molecule has 0 fully saturated rings. The van der Waals surface area contributed by atoms with Gasteiger partial charge in [-0.25, -0.2) is 9.79 Å². The summed E-state index contributed by atoms with van der Waals surface area (Å²) in [7, 11) is 2.97. The number of thioether (sulfide) groups is 1. The Morgan fingerprint density at radius 3 is 2.66 bits per heavy atom. The molecule has 0 saturated carbocycles. The Balaban J connectivity index is 1.50. The molecule has 0 saturated heterocycles. The SMILES string of the molecule is COC(=O)C1=C(C)N=C2SC=C(CC(=O)NCCCc3ccccc3)N2C1c1cccc(OC)c1. The summed E-state index contributed by atoms with van der Waals surface area (Å²) in [6, 6.07) is 17.3. The highest BCUT2D eigenvalue weighted by atomic mass is 32.2. The van der Waals surface area contributed by atoms with Crippen LogP contribution in [0.2, 0.25) is 0 Å². The number of aryl methyl sites for hydroxylation is 1. The summed E-state index contributed by atoms with van der Waals surface area (Å²) in [5, 5.41) is 5.69. The van der Waals surface area contributed by atoms with Gasteiger partial charge in [0.15, 0.2) is 5.17 Å². The highest BCUT2D eigenvalue weighted by Gasteiger charge is 2.41. The van der Waals surface area contributed by atoms with E-state index in [2.05, 4.69) is 22.4 Å². The monoisotopic (exact) mass is 491 g/mol. The molecule has 2 aromatic carbocycles. The lowest BCUT2D eigenvalue weighted by atomic mass is 9.93. The zero-order valence-corrected chi connectivity index (χ0v) is 20.9. The van der Waals surface area contributed by atoms with E-state index in [4.69, 9.17) is 9.47 Å². The van der Waals surface area contributed by atoms with Gasteiger partial charge in [0.1, 0.15) is 5.75 Å². The van der Waals surface area contributed by atoms with Gasteiger partial charge in [0.2, 0.25) is 5.91 Å². The Morgan fingerprint density at radius 2 is 1.91 bits per heavy atom. The first kappa shape index (κ1) is 24.6. The molecule has 1 N–H and O–H groups in total. The van der Waals surface area contributed by atoms with E-state index in [1.807, 2.05) is 59.7 Å². The number of amidine groups is 1. The van der Waals surface area contributed by atoms with Crippen LogP contribution in [0.15, 0.2) is 82.0 Å². The van der Waals surface area contributed by atoms with E-state index < -0.39 is 12.0 Å². The van der Waals surface area contributed by atoms with Crippen molar-refractivity contribution in [3.63, 3.8) is 0 Å². The second-order valence-electron chi connectivity index (χ2n) is 8.28. The molecule has 2 aromatic rings. The van der Waals surface area contributed by atoms with Crippen molar-refractivity contribution in [3.8, 4) is 5.75 Å². The van der Waals surface area contributed by atoms with Crippen LogP contribution in [0, 0.1) is 0 Å². The van der Waals surface area contributed by atoms with Crippen LogP contribution in [0.3, 0.4) is 0 Å². The van der Waals surface area contributed by atoms with Gasteiger partial charge in [0.25, 0.3) is 0 Å². The van der Waals surface area contributed by atoms with Crippen molar-refractivity contribution in [2.45, 2.75) is 32.2 Å². The Morgan fingerprint density at radius 1 is 1.11 bits per heavy atom. The van der Waals surface area contributed by atoms with E-state index in [0.29, 0.717) is 23.6 Å². The van der Waals surface area contributed by atoms with Crippen LogP contribution in [0.5, 0.6) is 5.75 Å². The smallest absolute Gasteiger partial charge is 0.338 e. The Bertz CT molecular complexity index is 1190. The third-order valence-corrected chi connectivity index (χ3v) is 6.85. The van der Waals surface area contributed by atoms with Gasteiger partial charge in [0.05, 0.1) is 38.0 Å². The first-order valence-corrected chi connectivity index (χ1v) is 12.4. The third-order valence-electron chi connectivity index (χ3n) is 5.96. The van der Waals surface area contributed by atoms with E-state index in [9.17, 15) is 9.59 Å². The first-order chi connectivity index (χ1) is 17.0. The molecule has 1 unspecified atom stereocenters. The maximum absolute atomic E-state index is 12.8. The molecule has 7 nitrogen and oxygen atoms in total. The summed E-state index contributed by atoms with van der Waals surface area (Å²) < 4.78 is 10.5. The van der Waals surface area contributed by atoms with Crippen molar-refractivity contribution in [2.24, 2.45) is 4.99 Å². The topological polar surface area (TPSA) is 80.2 Å². The summed E-state index contributed by atoms with van der Waals surface area (Å²) in [6.07, 6.45) is 1.96. The van der Waals surface area contributed by atoms with Crippen LogP contribution < -0.4 is 10.1 Å². The fourth-order valence-electron chi connectivity index (χ4n) is 4.26. The Hall–Kier alpha value is -3.52. The van der Waals surface area contributed by atoms with Crippen LogP contribution in [-0.2, 0) is 20.7 Å². The number of hydrogen-bond acceptors (Lipinski definition) is 7. The number of benzene rings is 2. The highest BCUT2D eigenvalue weighted by Crippen LogP contribution is 2.45. The van der Waals surface area contributed by atoms with Gasteiger partial charge in [-0.15, -0.1) is 0 Å². The number of carbonyl (C=O) groups is 2. The van der Waals surface area contributed by atoms with Crippen LogP contribution in [0.1, 0.15) is 36.9 Å². The minimum Gasteiger partial charge on any atom is -0.497 e. The standard InChI is InChI=1S/C27H29N3O4S/c1-18-24(26(32)34-3)25(20-12-7-13-22(15-20)33-2)30-21(17-35-27(30)29-18)16-23(31)28-14-8-11-19-9-5-4-6-10-19/h4-7,9-10,12-13,15,17,25H,8,11,14,16H2,1-3H3,(H,28,31). The minimum atomic E-state index is -0.475. The molecular formula is C27H29N3O4S. The van der Waals surface area contributed by atoms with Crippen molar-refractivity contribution < 1.29 is 19.1 Å². The molecular weight excluding hydrogens is 462 g/mol. The summed E-state index contributed by atoms with van der Waals surface area (Å²) >= 11 is 1.45. The molecule has 2 aliphatic heterocycles. The second kappa shape index (κ2) is 11.3. The number of ether oxygens (including phenoxy) is 2. The van der Waals surface area contributed by atoms with Gasteiger partial charge in [-0.1, -0.05) is 54.2 Å². The summed E-state index contributed by atoms with van der Waals surface area (Å²) in [4.78, 5) is 32.2. The molecule has 0 aliphatic carbocycles. The fraction of sp³-hybridized carbons (Fsp3) is 0.296. The number of fused-ring (bicyclic) bond motifs is 1. The molecule has 35 heavy (non-hydrogen) atoms. The molecule has 2 heterocycles. The van der Waals surface area contributed by atoms with E-state index in [1.54, 1.807) is 7.11 Å². The molecule has 2 aliphatic rings. The van der Waals surface area contributed by atoms with Crippen molar-refractivity contribution >= 4 is 28.8 Å². The Labute approximate surface area is 209 Å². The zero-order chi connectivity index (χ0) is 24.8. The van der Waals surface area contributed by atoms with Crippen LogP contribution in [0.4, 0.5) is 0 Å². The van der Waals surface area contributed by atoms with Crippen LogP contribution >= 0.6 is 11.8 Å². The zero-order valence-electron chi connectivity index (χ0n) is 20.1. The lowest BCUT2D eigenvalue weighted by molar-refractivity contribution is -0.136. The number of esters is 1. The molecule has 1 amide bonds. The predicted molar refractivity (Wildman–Crippen MR) is 138 cm³/mol. The molecule has 0 bridgehead atoms. The average molecular weight is 492 g/mol. The average Bonchev–Trinajstić information content (AvgIpc) is 3.27. The molecule has 182 valence electrons. The van der Waals surface area contributed by atoms with Gasteiger partial charge in [-0.05, 0) is 48.4 Å². The predicted octanol–water partition coefficient (Wildman–Crippen LogP) is 4.58. The Kier molecular flexibility index (Phi) is 7.92. The van der Waals surface area contributed by atoms with Gasteiger partial charge in [0, 0.05) is 12.2 Å². The van der Waals surface area contributed by atoms with Crippen molar-refractivity contribution in [3.05, 3.63) is 88.1 Å². The van der Waals surface area contributed by atoms with Crippen LogP contribution in [0.25, 0.3) is 0 Å². The van der Waals surface area contributed by atoms with Gasteiger partial charge < -0.3 is 19.7 Å². The number of aliphatic imine (C=N–C) groups is 1. The van der Waals surface area contributed by atoms with Gasteiger partial charge in [-0.2, -0.15) is 0 Å². The molecule has 4 rings (SSSR count). The number of hydrogen-bond donors (Lipinski definition) is 1. The van der Waals surface area contributed by atoms with Crippen molar-refractivity contribution in [1.82, 2.24) is 10.2 Å². The normalized spacial score (nSPS) is 16.9. The van der Waals surface area contributed by atoms with E-state index in [-0.39, 0.29) is 12.3 Å². The number of nitrogens with zero attached hydrogens (tertiary/aromatic N) is 2. The van der Waals surface area contributed by atoms with Gasteiger partial charge in [-0.3, -0.25) is 4.79 Å². The molecule has 0 aromatic heterocycles. The van der Waals surface area contributed by atoms with E-state index in [0.717, 1.165) is 29.3 Å². The number of amides is 1. The summed E-state index contributed by atoms with van der Waals surface area (Å²) in [6.45, 7) is 2.41. The number of nitrogens with one attached hydrogen (secondary N) is 1. The molecule has 8 heteroatoms. The molecule has 1 atom stereocenters. The molecule has 0 radical (unpaired) electrons. The summed E-state index contributed by atoms with van der Waals surface area (Å²) in [5.74, 6) is 0.170. The lowest BCUT2D eigenvalue weighted by Gasteiger charge is -2.36. The largest absolute Gasteiger partial charge is 0.497 e. The highest BCUT2D eigenvalue weighted by molar-refractivity contribution is 8.16. The number of carbonyl (C=O) groups excluding carboxylic acids is 2. The van der Waals surface area contributed by atoms with Crippen LogP contribution in [-0.4, -0.2) is 42.7 Å². The van der Waals surface area contributed by atoms with E-state index in [1.165, 1.54) is 24.4 Å². The lowest BCUT2D eigenvalue weighted by Crippen LogP contribution is -2.38. The summed E-state index contributed by atoms with van der Waals surface area (Å²) in [5.41, 5.74) is 3.94. The maximum Gasteiger partial charge on any atom is 0.338 e. The van der Waals surface area contributed by atoms with Crippen molar-refractivity contribution in [1.29, 1.82) is 0 Å². The van der Waals surface area contributed by atoms with Gasteiger partial charge >= 0.3 is 5.97 Å².